The molecule has 2 heterocycles. The lowest BCUT2D eigenvalue weighted by atomic mass is 10.3. The number of halogens is 1. The number of carbonyl (C=O) groups is 2. The molecule has 0 saturated carbocycles. The summed E-state index contributed by atoms with van der Waals surface area (Å²) in [6.45, 7) is 2.16. The molecular weight excluding hydrogens is 354 g/mol. The number of aromatic nitrogens is 1. The summed E-state index contributed by atoms with van der Waals surface area (Å²) in [6.07, 6.45) is 2.33. The van der Waals surface area contributed by atoms with E-state index in [0.717, 1.165) is 6.42 Å². The Kier molecular flexibility index (Phi) is 6.07. The summed E-state index contributed by atoms with van der Waals surface area (Å²) >= 11 is 5.83. The van der Waals surface area contributed by atoms with Crippen LogP contribution in [0.5, 0.6) is 5.75 Å². The van der Waals surface area contributed by atoms with Crippen molar-refractivity contribution in [1.82, 2.24) is 14.8 Å². The lowest BCUT2D eigenvalue weighted by molar-refractivity contribution is -0.133. The smallest absolute Gasteiger partial charge is 0.272 e. The number of carbonyl (C=O) groups excluding carboxylic acids is 2. The molecule has 7 heteroatoms. The minimum Gasteiger partial charge on any atom is -0.484 e. The fourth-order valence-electron chi connectivity index (χ4n) is 2.79. The fourth-order valence-corrected chi connectivity index (χ4v) is 2.91. The minimum atomic E-state index is -0.0997. The molecule has 0 radical (unpaired) electrons. The first-order valence-corrected chi connectivity index (χ1v) is 8.88. The molecule has 26 heavy (non-hydrogen) atoms. The van der Waals surface area contributed by atoms with Gasteiger partial charge in [0.05, 0.1) is 0 Å². The van der Waals surface area contributed by atoms with Gasteiger partial charge in [-0.05, 0) is 42.8 Å². The van der Waals surface area contributed by atoms with Gasteiger partial charge in [-0.3, -0.25) is 14.6 Å². The second kappa shape index (κ2) is 8.67. The Labute approximate surface area is 157 Å². The molecule has 6 nitrogen and oxygen atoms in total. The molecule has 0 atom stereocenters. The van der Waals surface area contributed by atoms with Crippen LogP contribution >= 0.6 is 11.6 Å². The van der Waals surface area contributed by atoms with Crippen molar-refractivity contribution in [3.63, 3.8) is 0 Å². The average molecular weight is 374 g/mol. The van der Waals surface area contributed by atoms with Crippen molar-refractivity contribution < 1.29 is 14.3 Å². The summed E-state index contributed by atoms with van der Waals surface area (Å²) in [4.78, 5) is 32.5. The number of nitrogens with zero attached hydrogens (tertiary/aromatic N) is 3. The minimum absolute atomic E-state index is 0.0319. The molecule has 1 fully saturated rings. The highest BCUT2D eigenvalue weighted by molar-refractivity contribution is 6.30. The van der Waals surface area contributed by atoms with Crippen LogP contribution in [0.4, 0.5) is 0 Å². The quantitative estimate of drug-likeness (QED) is 0.826. The van der Waals surface area contributed by atoms with Crippen molar-refractivity contribution in [2.24, 2.45) is 0 Å². The topological polar surface area (TPSA) is 62.7 Å². The fraction of sp³-hybridized carbons (Fsp3) is 0.316. The lowest BCUT2D eigenvalue weighted by Crippen LogP contribution is -2.39. The molecule has 1 aliphatic heterocycles. The largest absolute Gasteiger partial charge is 0.484 e. The summed E-state index contributed by atoms with van der Waals surface area (Å²) in [5.41, 5.74) is 0.429. The van der Waals surface area contributed by atoms with Crippen LogP contribution < -0.4 is 4.74 Å². The third-order valence-electron chi connectivity index (χ3n) is 4.20. The molecule has 1 aromatic heterocycles. The van der Waals surface area contributed by atoms with E-state index in [4.69, 9.17) is 16.3 Å². The van der Waals surface area contributed by atoms with Crippen LogP contribution in [0.2, 0.25) is 5.02 Å². The molecular formula is C19H20ClN3O3. The average Bonchev–Trinajstić information content (AvgIpc) is 2.94. The van der Waals surface area contributed by atoms with Crippen molar-refractivity contribution >= 4 is 23.4 Å². The number of hydrogen-bond donors (Lipinski definition) is 0. The third-order valence-corrected chi connectivity index (χ3v) is 4.45. The highest BCUT2D eigenvalue weighted by atomic mass is 35.5. The Morgan fingerprint density at radius 3 is 2.46 bits per heavy atom. The van der Waals surface area contributed by atoms with Crippen LogP contribution in [0.3, 0.4) is 0 Å². The van der Waals surface area contributed by atoms with Crippen LogP contribution in [0.1, 0.15) is 16.9 Å². The molecule has 0 spiro atoms. The van der Waals surface area contributed by atoms with Crippen LogP contribution in [0, 0.1) is 0 Å². The van der Waals surface area contributed by atoms with Crippen LogP contribution in [-0.4, -0.2) is 59.4 Å². The van der Waals surface area contributed by atoms with Crippen LogP contribution in [0.15, 0.2) is 48.7 Å². The molecule has 1 aromatic carbocycles. The second-order valence-electron chi connectivity index (χ2n) is 5.98. The van der Waals surface area contributed by atoms with E-state index in [-0.39, 0.29) is 18.4 Å². The van der Waals surface area contributed by atoms with Gasteiger partial charge < -0.3 is 14.5 Å². The number of hydrogen-bond acceptors (Lipinski definition) is 4. The molecule has 0 bridgehead atoms. The normalized spacial score (nSPS) is 14.7. The van der Waals surface area contributed by atoms with E-state index in [1.807, 2.05) is 0 Å². The highest BCUT2D eigenvalue weighted by Gasteiger charge is 2.23. The zero-order valence-corrected chi connectivity index (χ0v) is 15.1. The van der Waals surface area contributed by atoms with Crippen molar-refractivity contribution in [3.8, 4) is 5.75 Å². The zero-order chi connectivity index (χ0) is 18.4. The third kappa shape index (κ3) is 4.73. The first kappa shape index (κ1) is 18.2. The summed E-state index contributed by atoms with van der Waals surface area (Å²) in [5, 5.41) is 0.619. The lowest BCUT2D eigenvalue weighted by Gasteiger charge is -2.22. The first-order valence-electron chi connectivity index (χ1n) is 8.50. The van der Waals surface area contributed by atoms with Crippen molar-refractivity contribution in [2.45, 2.75) is 6.42 Å². The van der Waals surface area contributed by atoms with E-state index < -0.39 is 0 Å². The summed E-state index contributed by atoms with van der Waals surface area (Å²) in [6, 6.07) is 12.2. The standard InChI is InChI=1S/C19H20ClN3O3/c20-15-5-7-16(8-6-15)26-14-18(24)22-10-3-11-23(13-12-22)19(25)17-4-1-2-9-21-17/h1-2,4-9H,3,10-14H2. The van der Waals surface area contributed by atoms with Crippen molar-refractivity contribution in [1.29, 1.82) is 0 Å². The summed E-state index contributed by atoms with van der Waals surface area (Å²) < 4.78 is 5.52. The summed E-state index contributed by atoms with van der Waals surface area (Å²) in [5.74, 6) is 0.411. The van der Waals surface area contributed by atoms with Crippen LogP contribution in [-0.2, 0) is 4.79 Å². The van der Waals surface area contributed by atoms with Gasteiger partial charge in [0.2, 0.25) is 0 Å². The van der Waals surface area contributed by atoms with Gasteiger partial charge in [0.15, 0.2) is 6.61 Å². The number of rotatable bonds is 4. The van der Waals surface area contributed by atoms with E-state index in [1.54, 1.807) is 58.5 Å². The molecule has 0 aliphatic carbocycles. The number of benzene rings is 1. The Balaban J connectivity index is 1.52. The molecule has 1 aliphatic rings. The Morgan fingerprint density at radius 1 is 1.00 bits per heavy atom. The number of amides is 2. The molecule has 2 aromatic rings. The van der Waals surface area contributed by atoms with Gasteiger partial charge in [0, 0.05) is 37.4 Å². The van der Waals surface area contributed by atoms with Gasteiger partial charge in [-0.15, -0.1) is 0 Å². The maximum Gasteiger partial charge on any atom is 0.272 e. The maximum atomic E-state index is 12.5. The number of ether oxygens (including phenoxy) is 1. The molecule has 1 saturated heterocycles. The molecule has 0 unspecified atom stereocenters. The maximum absolute atomic E-state index is 12.5. The van der Waals surface area contributed by atoms with Gasteiger partial charge >= 0.3 is 0 Å². The number of pyridine rings is 1. The van der Waals surface area contributed by atoms with Gasteiger partial charge in [0.25, 0.3) is 11.8 Å². The van der Waals surface area contributed by atoms with Crippen molar-refractivity contribution in [2.75, 3.05) is 32.8 Å². The monoisotopic (exact) mass is 373 g/mol. The van der Waals surface area contributed by atoms with Crippen LogP contribution in [0.25, 0.3) is 0 Å². The van der Waals surface area contributed by atoms with E-state index in [2.05, 4.69) is 4.98 Å². The Morgan fingerprint density at radius 2 is 1.73 bits per heavy atom. The van der Waals surface area contributed by atoms with Gasteiger partial charge in [-0.1, -0.05) is 17.7 Å². The van der Waals surface area contributed by atoms with Gasteiger partial charge in [-0.2, -0.15) is 0 Å². The van der Waals surface area contributed by atoms with E-state index in [9.17, 15) is 9.59 Å². The summed E-state index contributed by atoms with van der Waals surface area (Å²) in [7, 11) is 0. The Bertz CT molecular complexity index is 752. The SMILES string of the molecule is O=C(COc1ccc(Cl)cc1)N1CCCN(C(=O)c2ccccn2)CC1. The van der Waals surface area contributed by atoms with Crippen molar-refractivity contribution in [3.05, 3.63) is 59.4 Å². The second-order valence-corrected chi connectivity index (χ2v) is 6.42. The predicted octanol–water partition coefficient (Wildman–Crippen LogP) is 2.49. The van der Waals surface area contributed by atoms with Gasteiger partial charge in [-0.25, -0.2) is 0 Å². The molecule has 136 valence electrons. The van der Waals surface area contributed by atoms with E-state index in [1.165, 1.54) is 0 Å². The molecule has 2 amide bonds. The van der Waals surface area contributed by atoms with E-state index >= 15 is 0 Å². The molecule has 3 rings (SSSR count). The van der Waals surface area contributed by atoms with Gasteiger partial charge in [0.1, 0.15) is 11.4 Å². The molecule has 0 N–H and O–H groups in total. The first-order chi connectivity index (χ1) is 12.6. The highest BCUT2D eigenvalue weighted by Crippen LogP contribution is 2.16. The zero-order valence-electron chi connectivity index (χ0n) is 14.3. The Hall–Kier alpha value is -2.60. The van der Waals surface area contributed by atoms with E-state index in [0.29, 0.717) is 42.6 Å². The predicted molar refractivity (Wildman–Crippen MR) is 98.3 cm³/mol.